The second-order valence-corrected chi connectivity index (χ2v) is 4.73. The van der Waals surface area contributed by atoms with E-state index in [1.54, 1.807) is 24.3 Å². The van der Waals surface area contributed by atoms with Crippen LogP contribution in [0.15, 0.2) is 36.5 Å². The van der Waals surface area contributed by atoms with E-state index in [-0.39, 0.29) is 11.8 Å². The van der Waals surface area contributed by atoms with Crippen LogP contribution in [0.4, 0.5) is 18.9 Å². The van der Waals surface area contributed by atoms with Crippen molar-refractivity contribution in [3.05, 3.63) is 41.8 Å². The number of hydrogen-bond donors (Lipinski definition) is 0. The number of nitriles is 1. The van der Waals surface area contributed by atoms with Gasteiger partial charge in [0.05, 0.1) is 11.8 Å². The van der Waals surface area contributed by atoms with Gasteiger partial charge in [-0.1, -0.05) is 12.1 Å². The molecule has 22 heavy (non-hydrogen) atoms. The van der Waals surface area contributed by atoms with E-state index in [1.807, 2.05) is 0 Å². The fourth-order valence-electron chi connectivity index (χ4n) is 1.88. The van der Waals surface area contributed by atoms with Gasteiger partial charge in [0.1, 0.15) is 13.1 Å². The highest BCUT2D eigenvalue weighted by Gasteiger charge is 2.30. The minimum atomic E-state index is -4.38. The van der Waals surface area contributed by atoms with E-state index >= 15 is 0 Å². The molecule has 0 bridgehead atoms. The van der Waals surface area contributed by atoms with Gasteiger partial charge in [0, 0.05) is 17.4 Å². The van der Waals surface area contributed by atoms with E-state index in [9.17, 15) is 13.2 Å². The Morgan fingerprint density at radius 3 is 2.41 bits per heavy atom. The lowest BCUT2D eigenvalue weighted by atomic mass is 10.1. The van der Waals surface area contributed by atoms with E-state index < -0.39 is 12.7 Å². The van der Waals surface area contributed by atoms with Crippen LogP contribution in [-0.2, 0) is 0 Å². The molecule has 4 nitrogen and oxygen atoms in total. The summed E-state index contributed by atoms with van der Waals surface area (Å²) in [5.74, 6) is 0. The molecule has 0 spiro atoms. The molecule has 0 saturated heterocycles. The summed E-state index contributed by atoms with van der Waals surface area (Å²) in [6.07, 6.45) is -2.89. The molecule has 0 radical (unpaired) electrons. The number of aromatic nitrogens is 2. The van der Waals surface area contributed by atoms with Crippen molar-refractivity contribution in [3.63, 3.8) is 0 Å². The predicted octanol–water partition coefficient (Wildman–Crippen LogP) is 3.69. The molecule has 0 aliphatic heterocycles. The Morgan fingerprint density at radius 2 is 1.86 bits per heavy atom. The monoisotopic (exact) mass is 326 g/mol. The topological polar surface area (TPSA) is 52.8 Å². The molecule has 114 valence electrons. The van der Waals surface area contributed by atoms with Gasteiger partial charge in [-0.3, -0.25) is 0 Å². The van der Waals surface area contributed by atoms with Crippen LogP contribution >= 0.6 is 11.6 Å². The van der Waals surface area contributed by atoms with E-state index in [4.69, 9.17) is 16.9 Å². The number of hydrogen-bond acceptors (Lipinski definition) is 4. The number of rotatable bonds is 4. The first-order valence-electron chi connectivity index (χ1n) is 6.17. The molecule has 0 saturated carbocycles. The molecule has 0 aliphatic carbocycles. The standard InChI is InChI=1S/C14H10ClF3N4/c15-13-20-7-5-12(21-13)10-1-3-11(4-2-10)22(8-6-19)9-14(16,17)18/h1-5,7H,8-9H2. The van der Waals surface area contributed by atoms with Gasteiger partial charge in [-0.15, -0.1) is 0 Å². The van der Waals surface area contributed by atoms with Gasteiger partial charge < -0.3 is 4.90 Å². The van der Waals surface area contributed by atoms with Gasteiger partial charge in [0.15, 0.2) is 0 Å². The quantitative estimate of drug-likeness (QED) is 0.635. The third-order valence-electron chi connectivity index (χ3n) is 2.79. The summed E-state index contributed by atoms with van der Waals surface area (Å²) in [5.41, 5.74) is 1.56. The summed E-state index contributed by atoms with van der Waals surface area (Å²) in [7, 11) is 0. The van der Waals surface area contributed by atoms with Crippen molar-refractivity contribution in [1.82, 2.24) is 9.97 Å². The summed E-state index contributed by atoms with van der Waals surface area (Å²) in [5, 5.41) is 8.76. The van der Waals surface area contributed by atoms with E-state index in [1.165, 1.54) is 18.3 Å². The molecule has 0 unspecified atom stereocenters. The fourth-order valence-corrected chi connectivity index (χ4v) is 2.03. The summed E-state index contributed by atoms with van der Waals surface area (Å²) < 4.78 is 37.6. The molecular weight excluding hydrogens is 317 g/mol. The Kier molecular flexibility index (Phi) is 4.83. The van der Waals surface area contributed by atoms with Crippen molar-refractivity contribution in [2.24, 2.45) is 0 Å². The Bertz CT molecular complexity index is 680. The first-order chi connectivity index (χ1) is 10.4. The first kappa shape index (κ1) is 16.0. The Balaban J connectivity index is 2.24. The van der Waals surface area contributed by atoms with Gasteiger partial charge in [-0.05, 0) is 29.8 Å². The summed E-state index contributed by atoms with van der Waals surface area (Å²) in [6.45, 7) is -1.53. The average Bonchev–Trinajstić information content (AvgIpc) is 2.46. The van der Waals surface area contributed by atoms with Crippen molar-refractivity contribution in [1.29, 1.82) is 5.26 Å². The lowest BCUT2D eigenvalue weighted by molar-refractivity contribution is -0.119. The molecule has 0 fully saturated rings. The maximum Gasteiger partial charge on any atom is 0.405 e. The normalized spacial score (nSPS) is 11.0. The third-order valence-corrected chi connectivity index (χ3v) is 2.97. The predicted molar refractivity (Wildman–Crippen MR) is 76.4 cm³/mol. The van der Waals surface area contributed by atoms with Crippen molar-refractivity contribution in [2.75, 3.05) is 18.0 Å². The molecule has 0 aliphatic rings. The van der Waals surface area contributed by atoms with Crippen LogP contribution in [-0.4, -0.2) is 29.2 Å². The van der Waals surface area contributed by atoms with Crippen LogP contribution in [0.25, 0.3) is 11.3 Å². The largest absolute Gasteiger partial charge is 0.405 e. The number of anilines is 1. The molecule has 0 N–H and O–H groups in total. The zero-order valence-corrected chi connectivity index (χ0v) is 11.9. The molecule has 2 aromatic rings. The van der Waals surface area contributed by atoms with Gasteiger partial charge in [0.25, 0.3) is 0 Å². The van der Waals surface area contributed by atoms with Crippen LogP contribution in [0.1, 0.15) is 0 Å². The summed E-state index contributed by atoms with van der Waals surface area (Å²) in [6, 6.07) is 9.63. The van der Waals surface area contributed by atoms with Crippen LogP contribution < -0.4 is 4.90 Å². The average molecular weight is 327 g/mol. The Labute approximate surface area is 129 Å². The third kappa shape index (κ3) is 4.33. The van der Waals surface area contributed by atoms with Crippen LogP contribution in [0.5, 0.6) is 0 Å². The van der Waals surface area contributed by atoms with Crippen molar-refractivity contribution >= 4 is 17.3 Å². The molecule has 0 amide bonds. The van der Waals surface area contributed by atoms with Gasteiger partial charge >= 0.3 is 6.18 Å². The Hall–Kier alpha value is -2.33. The number of alkyl halides is 3. The molecule has 1 aromatic heterocycles. The highest BCUT2D eigenvalue weighted by Crippen LogP contribution is 2.25. The zero-order valence-electron chi connectivity index (χ0n) is 11.2. The maximum atomic E-state index is 12.5. The molecule has 2 rings (SSSR count). The van der Waals surface area contributed by atoms with Crippen molar-refractivity contribution in [2.45, 2.75) is 6.18 Å². The fraction of sp³-hybridized carbons (Fsp3) is 0.214. The smallest absolute Gasteiger partial charge is 0.349 e. The highest BCUT2D eigenvalue weighted by atomic mass is 35.5. The highest BCUT2D eigenvalue weighted by molar-refractivity contribution is 6.28. The lowest BCUT2D eigenvalue weighted by Gasteiger charge is -2.23. The lowest BCUT2D eigenvalue weighted by Crippen LogP contribution is -2.34. The number of nitrogens with zero attached hydrogens (tertiary/aromatic N) is 4. The van der Waals surface area contributed by atoms with Crippen LogP contribution in [0.2, 0.25) is 5.28 Å². The van der Waals surface area contributed by atoms with Crippen LogP contribution in [0.3, 0.4) is 0 Å². The van der Waals surface area contributed by atoms with E-state index in [0.717, 1.165) is 4.90 Å². The molecular formula is C14H10ClF3N4. The molecule has 8 heteroatoms. The van der Waals surface area contributed by atoms with E-state index in [2.05, 4.69) is 9.97 Å². The number of halogens is 4. The second kappa shape index (κ2) is 6.62. The summed E-state index contributed by atoms with van der Waals surface area (Å²) in [4.78, 5) is 8.74. The van der Waals surface area contributed by atoms with Gasteiger partial charge in [-0.2, -0.15) is 18.4 Å². The molecule has 1 heterocycles. The van der Waals surface area contributed by atoms with Crippen molar-refractivity contribution < 1.29 is 13.2 Å². The number of benzene rings is 1. The van der Waals surface area contributed by atoms with Crippen molar-refractivity contribution in [3.8, 4) is 17.3 Å². The molecule has 0 atom stereocenters. The Morgan fingerprint density at radius 1 is 1.18 bits per heavy atom. The van der Waals surface area contributed by atoms with Crippen LogP contribution in [0, 0.1) is 11.3 Å². The van der Waals surface area contributed by atoms with Gasteiger partial charge in [-0.25, -0.2) is 9.97 Å². The first-order valence-corrected chi connectivity index (χ1v) is 6.54. The summed E-state index contributed by atoms with van der Waals surface area (Å²) >= 11 is 5.70. The van der Waals surface area contributed by atoms with E-state index in [0.29, 0.717) is 16.9 Å². The zero-order chi connectivity index (χ0) is 16.2. The minimum absolute atomic E-state index is 0.0877. The van der Waals surface area contributed by atoms with Gasteiger partial charge in [0.2, 0.25) is 5.28 Å². The molecule has 1 aromatic carbocycles. The SMILES string of the molecule is N#CCN(CC(F)(F)F)c1ccc(-c2ccnc(Cl)n2)cc1. The second-order valence-electron chi connectivity index (χ2n) is 4.39. The minimum Gasteiger partial charge on any atom is -0.349 e. The maximum absolute atomic E-state index is 12.5.